The smallest absolute Gasteiger partial charge is 0.269 e. The minimum Gasteiger partial charge on any atom is -0.344 e. The Morgan fingerprint density at radius 2 is 2.04 bits per heavy atom. The van der Waals surface area contributed by atoms with Crippen molar-refractivity contribution in [2.45, 2.75) is 39.7 Å². The molecule has 26 heavy (non-hydrogen) atoms. The molecule has 0 saturated carbocycles. The van der Waals surface area contributed by atoms with Gasteiger partial charge in [-0.05, 0) is 37.3 Å². The lowest BCUT2D eigenvalue weighted by molar-refractivity contribution is 0.0914. The molecule has 1 aliphatic rings. The van der Waals surface area contributed by atoms with Crippen LogP contribution in [0, 0.1) is 12.3 Å². The van der Waals surface area contributed by atoms with E-state index < -0.39 is 0 Å². The summed E-state index contributed by atoms with van der Waals surface area (Å²) in [6.07, 6.45) is 6.74. The lowest BCUT2D eigenvalue weighted by atomic mass is 9.74. The van der Waals surface area contributed by atoms with Crippen molar-refractivity contribution in [2.75, 3.05) is 0 Å². The molecule has 0 radical (unpaired) electrons. The van der Waals surface area contributed by atoms with Crippen LogP contribution in [0.2, 0.25) is 0 Å². The third-order valence-corrected chi connectivity index (χ3v) is 5.01. The first-order valence-corrected chi connectivity index (χ1v) is 8.86. The summed E-state index contributed by atoms with van der Waals surface area (Å²) in [5, 5.41) is 7.77. The molecule has 0 spiro atoms. The molecule has 1 aromatic carbocycles. The highest BCUT2D eigenvalue weighted by Crippen LogP contribution is 2.41. The van der Waals surface area contributed by atoms with E-state index in [-0.39, 0.29) is 17.4 Å². The maximum Gasteiger partial charge on any atom is 0.269 e. The van der Waals surface area contributed by atoms with E-state index in [4.69, 9.17) is 0 Å². The fourth-order valence-corrected chi connectivity index (χ4v) is 3.70. The molecule has 0 fully saturated rings. The zero-order valence-electron chi connectivity index (χ0n) is 15.3. The van der Waals surface area contributed by atoms with Gasteiger partial charge in [0.1, 0.15) is 5.69 Å². The number of carbonyl (C=O) groups excluding carboxylic acids is 1. The first kappa shape index (κ1) is 16.6. The number of fused-ring (bicyclic) bond motifs is 1. The lowest BCUT2D eigenvalue weighted by Gasteiger charge is -2.35. The number of aryl methyl sites for hydroxylation is 1. The Labute approximate surface area is 152 Å². The van der Waals surface area contributed by atoms with Gasteiger partial charge >= 0.3 is 0 Å². The second-order valence-corrected chi connectivity index (χ2v) is 7.83. The predicted molar refractivity (Wildman–Crippen MR) is 99.2 cm³/mol. The van der Waals surface area contributed by atoms with Gasteiger partial charge in [0, 0.05) is 5.56 Å². The Bertz CT molecular complexity index is 922. The van der Waals surface area contributed by atoms with Crippen molar-refractivity contribution in [3.05, 3.63) is 65.5 Å². The molecule has 1 amide bonds. The van der Waals surface area contributed by atoms with E-state index in [0.29, 0.717) is 5.69 Å². The van der Waals surface area contributed by atoms with Crippen LogP contribution >= 0.6 is 0 Å². The minimum absolute atomic E-state index is 0.0660. The van der Waals surface area contributed by atoms with Gasteiger partial charge < -0.3 is 10.3 Å². The topological polar surface area (TPSA) is 75.6 Å². The van der Waals surface area contributed by atoms with Gasteiger partial charge in [0.25, 0.3) is 5.91 Å². The fraction of sp³-hybridized carbons (Fsp3) is 0.350. The highest BCUT2D eigenvalue weighted by molar-refractivity contribution is 5.92. The van der Waals surface area contributed by atoms with Crippen LogP contribution in [0.3, 0.4) is 0 Å². The molecule has 134 valence electrons. The molecule has 0 bridgehead atoms. The molecule has 2 N–H and O–H groups in total. The quantitative estimate of drug-likeness (QED) is 0.761. The summed E-state index contributed by atoms with van der Waals surface area (Å²) in [5.74, 6) is -0.140. The van der Waals surface area contributed by atoms with Gasteiger partial charge in [-0.3, -0.25) is 4.79 Å². The van der Waals surface area contributed by atoms with Crippen molar-refractivity contribution in [1.82, 2.24) is 25.1 Å². The van der Waals surface area contributed by atoms with E-state index in [9.17, 15) is 4.79 Å². The Morgan fingerprint density at radius 3 is 2.73 bits per heavy atom. The summed E-state index contributed by atoms with van der Waals surface area (Å²) in [4.78, 5) is 19.3. The van der Waals surface area contributed by atoms with Gasteiger partial charge in [-0.15, -0.1) is 0 Å². The van der Waals surface area contributed by atoms with E-state index in [0.717, 1.165) is 24.1 Å². The molecule has 3 aromatic rings. The van der Waals surface area contributed by atoms with Crippen molar-refractivity contribution in [1.29, 1.82) is 0 Å². The Balaban J connectivity index is 1.69. The maximum atomic E-state index is 12.5. The average Bonchev–Trinajstić information content (AvgIpc) is 3.24. The molecular weight excluding hydrogens is 326 g/mol. The maximum absolute atomic E-state index is 12.5. The summed E-state index contributed by atoms with van der Waals surface area (Å²) in [6.45, 7) is 6.54. The van der Waals surface area contributed by atoms with E-state index in [1.807, 2.05) is 10.9 Å². The number of rotatable bonds is 3. The Kier molecular flexibility index (Phi) is 3.90. The average molecular weight is 349 g/mol. The van der Waals surface area contributed by atoms with Crippen LogP contribution in [-0.4, -0.2) is 25.7 Å². The largest absolute Gasteiger partial charge is 0.344 e. The van der Waals surface area contributed by atoms with Gasteiger partial charge in [0.15, 0.2) is 0 Å². The van der Waals surface area contributed by atoms with E-state index >= 15 is 0 Å². The van der Waals surface area contributed by atoms with Crippen molar-refractivity contribution in [3.8, 4) is 5.69 Å². The summed E-state index contributed by atoms with van der Waals surface area (Å²) in [7, 11) is 0. The Hall–Kier alpha value is -2.89. The molecular formula is C20H23N5O. The van der Waals surface area contributed by atoms with Crippen LogP contribution in [0.4, 0.5) is 0 Å². The standard InChI is InChI=1S/C20H23N5O/c1-13-4-6-14(7-5-13)25-18-9-20(2,3)8-16(15(18)10-23-25)24-19(26)17-11-21-12-22-17/h4-7,10-12,16H,8-9H2,1-3H3,(H,21,22)(H,24,26)/t16-/m1/s1. The highest BCUT2D eigenvalue weighted by atomic mass is 16.2. The number of carbonyl (C=O) groups is 1. The third-order valence-electron chi connectivity index (χ3n) is 5.01. The predicted octanol–water partition coefficient (Wildman–Crippen LogP) is 3.35. The fourth-order valence-electron chi connectivity index (χ4n) is 3.70. The number of amides is 1. The molecule has 6 heteroatoms. The van der Waals surface area contributed by atoms with Crippen LogP contribution in [0.25, 0.3) is 5.69 Å². The van der Waals surface area contributed by atoms with Gasteiger partial charge in [-0.1, -0.05) is 31.5 Å². The number of nitrogens with one attached hydrogen (secondary N) is 2. The monoisotopic (exact) mass is 349 g/mol. The second kappa shape index (κ2) is 6.12. The SMILES string of the molecule is Cc1ccc(-n2ncc3c2CC(C)(C)C[C@H]3NC(=O)c2cnc[nH]2)cc1. The highest BCUT2D eigenvalue weighted by Gasteiger charge is 2.36. The summed E-state index contributed by atoms with van der Waals surface area (Å²) < 4.78 is 2.00. The van der Waals surface area contributed by atoms with Crippen molar-refractivity contribution in [3.63, 3.8) is 0 Å². The number of nitrogens with zero attached hydrogens (tertiary/aromatic N) is 3. The van der Waals surface area contributed by atoms with E-state index in [1.165, 1.54) is 17.6 Å². The number of hydrogen-bond donors (Lipinski definition) is 2. The van der Waals surface area contributed by atoms with Gasteiger partial charge in [0.2, 0.25) is 0 Å². The Morgan fingerprint density at radius 1 is 1.27 bits per heavy atom. The van der Waals surface area contributed by atoms with Crippen LogP contribution in [0.15, 0.2) is 43.0 Å². The second-order valence-electron chi connectivity index (χ2n) is 7.83. The van der Waals surface area contributed by atoms with E-state index in [2.05, 4.69) is 65.4 Å². The summed E-state index contributed by atoms with van der Waals surface area (Å²) >= 11 is 0. The number of aromatic nitrogens is 4. The number of H-pyrrole nitrogens is 1. The molecule has 2 aromatic heterocycles. The zero-order chi connectivity index (χ0) is 18.3. The van der Waals surface area contributed by atoms with Gasteiger partial charge in [0.05, 0.1) is 36.1 Å². The van der Waals surface area contributed by atoms with Crippen LogP contribution in [0.1, 0.15) is 53.6 Å². The molecule has 1 aliphatic carbocycles. The minimum atomic E-state index is -0.140. The normalized spacial score (nSPS) is 18.3. The molecule has 0 saturated heterocycles. The van der Waals surface area contributed by atoms with Crippen LogP contribution < -0.4 is 5.32 Å². The van der Waals surface area contributed by atoms with E-state index in [1.54, 1.807) is 6.20 Å². The molecule has 6 nitrogen and oxygen atoms in total. The number of hydrogen-bond acceptors (Lipinski definition) is 3. The molecule has 4 rings (SSSR count). The third kappa shape index (κ3) is 3.03. The molecule has 2 heterocycles. The molecule has 0 unspecified atom stereocenters. The lowest BCUT2D eigenvalue weighted by Crippen LogP contribution is -2.36. The number of benzene rings is 1. The van der Waals surface area contributed by atoms with Gasteiger partial charge in [-0.2, -0.15) is 5.10 Å². The summed E-state index contributed by atoms with van der Waals surface area (Å²) in [5.41, 5.74) is 5.08. The van der Waals surface area contributed by atoms with Crippen LogP contribution in [-0.2, 0) is 6.42 Å². The van der Waals surface area contributed by atoms with Crippen molar-refractivity contribution < 1.29 is 4.79 Å². The molecule has 1 atom stereocenters. The van der Waals surface area contributed by atoms with Gasteiger partial charge in [-0.25, -0.2) is 9.67 Å². The van der Waals surface area contributed by atoms with Crippen molar-refractivity contribution in [2.24, 2.45) is 5.41 Å². The summed E-state index contributed by atoms with van der Waals surface area (Å²) in [6, 6.07) is 8.29. The number of imidazole rings is 1. The number of aromatic amines is 1. The zero-order valence-corrected chi connectivity index (χ0v) is 15.3. The first-order valence-electron chi connectivity index (χ1n) is 8.86. The first-order chi connectivity index (χ1) is 12.4. The molecule has 0 aliphatic heterocycles. The van der Waals surface area contributed by atoms with Crippen LogP contribution in [0.5, 0.6) is 0 Å². The van der Waals surface area contributed by atoms with Crippen molar-refractivity contribution >= 4 is 5.91 Å².